The summed E-state index contributed by atoms with van der Waals surface area (Å²) >= 11 is 0. The molecule has 2 aliphatic rings. The van der Waals surface area contributed by atoms with Gasteiger partial charge in [-0.25, -0.2) is 0 Å². The summed E-state index contributed by atoms with van der Waals surface area (Å²) in [6.07, 6.45) is 5.34. The maximum Gasteiger partial charge on any atom is 0.224 e. The van der Waals surface area contributed by atoms with Crippen LogP contribution >= 0.6 is 0 Å². The molecule has 2 fully saturated rings. The van der Waals surface area contributed by atoms with Gasteiger partial charge < -0.3 is 9.80 Å². The molecule has 1 aromatic heterocycles. The lowest BCUT2D eigenvalue weighted by atomic mass is 10.2. The van der Waals surface area contributed by atoms with Crippen LogP contribution in [0.3, 0.4) is 0 Å². The van der Waals surface area contributed by atoms with E-state index in [1.165, 1.54) is 13.1 Å². The number of hydrogen-bond donors (Lipinski definition) is 0. The lowest BCUT2D eigenvalue weighted by Gasteiger charge is -2.37. The third-order valence-corrected chi connectivity index (χ3v) is 5.00. The number of piperazine rings is 1. The molecule has 0 radical (unpaired) electrons. The monoisotopic (exact) mass is 305 g/mol. The topological polar surface area (TPSA) is 44.6 Å². The zero-order valence-corrected chi connectivity index (χ0v) is 13.5. The van der Waals surface area contributed by atoms with Crippen molar-refractivity contribution >= 4 is 5.91 Å². The highest BCUT2D eigenvalue weighted by molar-refractivity contribution is 5.76. The molecule has 0 aliphatic carbocycles. The molecule has 0 saturated carbocycles. The van der Waals surface area contributed by atoms with Gasteiger partial charge in [-0.15, -0.1) is 0 Å². The zero-order chi connectivity index (χ0) is 15.4. The molecule has 22 heavy (non-hydrogen) atoms. The average Bonchev–Trinajstić information content (AvgIpc) is 3.24. The quantitative estimate of drug-likeness (QED) is 0.795. The molecule has 2 aliphatic heterocycles. The maximum atomic E-state index is 12.3. The molecule has 0 bridgehead atoms. The Kier molecular flexibility index (Phi) is 5.10. The summed E-state index contributed by atoms with van der Waals surface area (Å²) in [6.45, 7) is 10.5. The number of hydrogen-bond acceptors (Lipinski definition) is 4. The molecular weight excluding hydrogens is 278 g/mol. The highest BCUT2D eigenvalue weighted by Crippen LogP contribution is 2.18. The van der Waals surface area contributed by atoms with E-state index in [1.807, 2.05) is 21.8 Å². The molecule has 0 N–H and O–H groups in total. The summed E-state index contributed by atoms with van der Waals surface area (Å²) in [7, 11) is 0. The van der Waals surface area contributed by atoms with E-state index in [2.05, 4.69) is 21.8 Å². The van der Waals surface area contributed by atoms with E-state index in [0.29, 0.717) is 19.0 Å². The second-order valence-corrected chi connectivity index (χ2v) is 6.27. The van der Waals surface area contributed by atoms with Crippen molar-refractivity contribution in [1.29, 1.82) is 0 Å². The summed E-state index contributed by atoms with van der Waals surface area (Å²) in [4.78, 5) is 19.4. The Morgan fingerprint density at radius 2 is 2.05 bits per heavy atom. The number of nitrogens with zero attached hydrogens (tertiary/aromatic N) is 5. The van der Waals surface area contributed by atoms with Crippen LogP contribution in [0, 0.1) is 0 Å². The van der Waals surface area contributed by atoms with Crippen molar-refractivity contribution in [2.75, 3.05) is 45.8 Å². The molecule has 1 aromatic rings. The first-order valence-corrected chi connectivity index (χ1v) is 8.48. The van der Waals surface area contributed by atoms with Gasteiger partial charge in [-0.05, 0) is 19.0 Å². The fraction of sp³-hybridized carbons (Fsp3) is 0.750. The van der Waals surface area contributed by atoms with Crippen LogP contribution in [0.5, 0.6) is 0 Å². The minimum absolute atomic E-state index is 0.269. The number of carbonyl (C=O) groups is 1. The van der Waals surface area contributed by atoms with Gasteiger partial charge in [0.15, 0.2) is 0 Å². The smallest absolute Gasteiger partial charge is 0.224 e. The Morgan fingerprint density at radius 3 is 2.73 bits per heavy atom. The normalized spacial score (nSPS) is 24.0. The molecular formula is C16H27N5O. The average molecular weight is 305 g/mol. The number of aromatic nitrogens is 2. The molecule has 0 aromatic carbocycles. The standard InChI is InChI=1S/C16H27N5O/c1-2-18-10-12-19(13-11-18)15-4-8-20(14-15)16(22)5-9-21-7-3-6-17-21/h3,6-7,15H,2,4-5,8-14H2,1H3. The fourth-order valence-corrected chi connectivity index (χ4v) is 3.51. The lowest BCUT2D eigenvalue weighted by Crippen LogP contribution is -2.51. The van der Waals surface area contributed by atoms with Gasteiger partial charge in [-0.3, -0.25) is 14.4 Å². The molecule has 6 heteroatoms. The Morgan fingerprint density at radius 1 is 1.23 bits per heavy atom. The number of carbonyl (C=O) groups excluding carboxylic acids is 1. The number of likely N-dealkylation sites (tertiary alicyclic amines) is 1. The van der Waals surface area contributed by atoms with Gasteiger partial charge >= 0.3 is 0 Å². The minimum atomic E-state index is 0.269. The van der Waals surface area contributed by atoms with E-state index >= 15 is 0 Å². The van der Waals surface area contributed by atoms with Crippen molar-refractivity contribution in [2.24, 2.45) is 0 Å². The number of aryl methyl sites for hydroxylation is 1. The van der Waals surface area contributed by atoms with Crippen molar-refractivity contribution in [3.63, 3.8) is 0 Å². The molecule has 0 spiro atoms. The first-order chi connectivity index (χ1) is 10.8. The number of likely N-dealkylation sites (N-methyl/N-ethyl adjacent to an activating group) is 1. The van der Waals surface area contributed by atoms with Gasteiger partial charge in [-0.2, -0.15) is 5.10 Å². The van der Waals surface area contributed by atoms with Crippen molar-refractivity contribution in [3.8, 4) is 0 Å². The van der Waals surface area contributed by atoms with E-state index < -0.39 is 0 Å². The predicted molar refractivity (Wildman–Crippen MR) is 85.5 cm³/mol. The van der Waals surface area contributed by atoms with Gasteiger partial charge in [0, 0.05) is 70.7 Å². The molecule has 1 amide bonds. The van der Waals surface area contributed by atoms with E-state index in [-0.39, 0.29) is 5.91 Å². The summed E-state index contributed by atoms with van der Waals surface area (Å²) in [6, 6.07) is 2.46. The molecule has 1 unspecified atom stereocenters. The Labute approximate surface area is 132 Å². The SMILES string of the molecule is CCN1CCN(C2CCN(C(=O)CCn3cccn3)C2)CC1. The summed E-state index contributed by atoms with van der Waals surface area (Å²) in [5.41, 5.74) is 0. The van der Waals surface area contributed by atoms with E-state index in [1.54, 1.807) is 6.20 Å². The Bertz CT molecular complexity index is 467. The molecule has 3 rings (SSSR count). The van der Waals surface area contributed by atoms with Crippen LogP contribution < -0.4 is 0 Å². The van der Waals surface area contributed by atoms with Crippen LogP contribution in [0.2, 0.25) is 0 Å². The maximum absolute atomic E-state index is 12.3. The summed E-state index contributed by atoms with van der Waals surface area (Å²) < 4.78 is 1.83. The van der Waals surface area contributed by atoms with Crippen molar-refractivity contribution in [1.82, 2.24) is 24.5 Å². The third kappa shape index (κ3) is 3.67. The van der Waals surface area contributed by atoms with Crippen LogP contribution in [-0.4, -0.2) is 82.2 Å². The van der Waals surface area contributed by atoms with Crippen LogP contribution in [0.1, 0.15) is 19.8 Å². The highest BCUT2D eigenvalue weighted by atomic mass is 16.2. The molecule has 2 saturated heterocycles. The number of amides is 1. The second-order valence-electron chi connectivity index (χ2n) is 6.27. The molecule has 3 heterocycles. The molecule has 122 valence electrons. The molecule has 6 nitrogen and oxygen atoms in total. The van der Waals surface area contributed by atoms with Crippen molar-refractivity contribution in [3.05, 3.63) is 18.5 Å². The first-order valence-electron chi connectivity index (χ1n) is 8.48. The van der Waals surface area contributed by atoms with E-state index in [9.17, 15) is 4.79 Å². The Hall–Kier alpha value is -1.40. The van der Waals surface area contributed by atoms with E-state index in [4.69, 9.17) is 0 Å². The third-order valence-electron chi connectivity index (χ3n) is 5.00. The summed E-state index contributed by atoms with van der Waals surface area (Å²) in [5.74, 6) is 0.269. The first kappa shape index (κ1) is 15.5. The van der Waals surface area contributed by atoms with Gasteiger partial charge in [0.2, 0.25) is 5.91 Å². The van der Waals surface area contributed by atoms with Crippen molar-refractivity contribution < 1.29 is 4.79 Å². The van der Waals surface area contributed by atoms with Gasteiger partial charge in [-0.1, -0.05) is 6.92 Å². The zero-order valence-electron chi connectivity index (χ0n) is 13.5. The number of rotatable bonds is 5. The van der Waals surface area contributed by atoms with Crippen molar-refractivity contribution in [2.45, 2.75) is 32.4 Å². The summed E-state index contributed by atoms with van der Waals surface area (Å²) in [5, 5.41) is 4.15. The Balaban J connectivity index is 1.42. The fourth-order valence-electron chi connectivity index (χ4n) is 3.51. The van der Waals surface area contributed by atoms with E-state index in [0.717, 1.165) is 39.1 Å². The highest BCUT2D eigenvalue weighted by Gasteiger charge is 2.31. The van der Waals surface area contributed by atoms with Crippen LogP contribution in [0.15, 0.2) is 18.5 Å². The predicted octanol–water partition coefficient (Wildman–Crippen LogP) is 0.512. The minimum Gasteiger partial charge on any atom is -0.341 e. The molecule has 1 atom stereocenters. The van der Waals surface area contributed by atoms with Crippen LogP contribution in [0.4, 0.5) is 0 Å². The second kappa shape index (κ2) is 7.24. The lowest BCUT2D eigenvalue weighted by molar-refractivity contribution is -0.130. The van der Waals surface area contributed by atoms with Gasteiger partial charge in [0.1, 0.15) is 0 Å². The van der Waals surface area contributed by atoms with Gasteiger partial charge in [0.25, 0.3) is 0 Å². The van der Waals surface area contributed by atoms with Crippen LogP contribution in [0.25, 0.3) is 0 Å². The largest absolute Gasteiger partial charge is 0.341 e. The van der Waals surface area contributed by atoms with Crippen LogP contribution in [-0.2, 0) is 11.3 Å². The van der Waals surface area contributed by atoms with Gasteiger partial charge in [0.05, 0.1) is 0 Å².